The number of likely N-dealkylation sites (tertiary alicyclic amines) is 1. The predicted molar refractivity (Wildman–Crippen MR) is 100 cm³/mol. The van der Waals surface area contributed by atoms with E-state index < -0.39 is 0 Å². The zero-order valence-corrected chi connectivity index (χ0v) is 15.8. The van der Waals surface area contributed by atoms with Gasteiger partial charge in [0.05, 0.1) is 0 Å². The Hall–Kier alpha value is -1.17. The molecule has 1 N–H and O–H groups in total. The number of piperidine rings is 1. The first-order chi connectivity index (χ1) is 11.4. The lowest BCUT2D eigenvalue weighted by Crippen LogP contribution is -2.44. The molecule has 0 aromatic heterocycles. The Balaban J connectivity index is 1.81. The van der Waals surface area contributed by atoms with Crippen molar-refractivity contribution in [2.75, 3.05) is 59.3 Å². The molecule has 1 saturated heterocycles. The maximum Gasteiger partial charge on any atom is 0.125 e. The van der Waals surface area contributed by atoms with Gasteiger partial charge in [-0.25, -0.2) is 4.39 Å². The van der Waals surface area contributed by atoms with E-state index in [-0.39, 0.29) is 11.9 Å². The first kappa shape index (κ1) is 19.2. The van der Waals surface area contributed by atoms with Crippen molar-refractivity contribution in [1.29, 1.82) is 0 Å². The number of halogens is 1. The average Bonchev–Trinajstić information content (AvgIpc) is 2.55. The molecule has 136 valence electrons. The van der Waals surface area contributed by atoms with Crippen LogP contribution in [-0.4, -0.2) is 70.2 Å². The van der Waals surface area contributed by atoms with Crippen LogP contribution >= 0.6 is 0 Å². The fourth-order valence-corrected chi connectivity index (χ4v) is 3.48. The van der Waals surface area contributed by atoms with E-state index in [2.05, 4.69) is 36.1 Å². The number of hydrogen-bond donors (Lipinski definition) is 1. The molecule has 4 nitrogen and oxygen atoms in total. The molecular weight excluding hydrogens is 303 g/mol. The van der Waals surface area contributed by atoms with Gasteiger partial charge in [0.1, 0.15) is 5.82 Å². The quantitative estimate of drug-likeness (QED) is 0.826. The summed E-state index contributed by atoms with van der Waals surface area (Å²) in [5, 5.41) is 3.59. The lowest BCUT2D eigenvalue weighted by molar-refractivity contribution is 0.145. The van der Waals surface area contributed by atoms with Gasteiger partial charge < -0.3 is 20.0 Å². The van der Waals surface area contributed by atoms with Crippen molar-refractivity contribution in [3.05, 3.63) is 29.6 Å². The summed E-state index contributed by atoms with van der Waals surface area (Å²) in [6.45, 7) is 6.54. The van der Waals surface area contributed by atoms with Crippen LogP contribution in [0.25, 0.3) is 0 Å². The number of benzene rings is 1. The highest BCUT2D eigenvalue weighted by Crippen LogP contribution is 2.26. The average molecular weight is 336 g/mol. The number of hydrogen-bond acceptors (Lipinski definition) is 4. The molecule has 0 aliphatic carbocycles. The normalized spacial score (nSPS) is 18.1. The van der Waals surface area contributed by atoms with Crippen molar-refractivity contribution in [1.82, 2.24) is 15.1 Å². The molecule has 1 aromatic carbocycles. The summed E-state index contributed by atoms with van der Waals surface area (Å²) in [6.07, 6.45) is 2.51. The van der Waals surface area contributed by atoms with Gasteiger partial charge in [0.15, 0.2) is 0 Å². The van der Waals surface area contributed by atoms with Gasteiger partial charge in [-0.05, 0) is 64.6 Å². The second-order valence-electron chi connectivity index (χ2n) is 7.31. The van der Waals surface area contributed by atoms with E-state index in [0.717, 1.165) is 30.4 Å². The molecule has 5 heteroatoms. The number of nitrogens with zero attached hydrogens (tertiary/aromatic N) is 3. The summed E-state index contributed by atoms with van der Waals surface area (Å²) in [7, 11) is 8.27. The SMILES string of the molecule is C[C@H](NCCN1CCC(N(C)C)CC1)c1ccc(F)cc1N(C)C. The molecule has 0 radical (unpaired) electrons. The van der Waals surface area contributed by atoms with Crippen LogP contribution in [0.3, 0.4) is 0 Å². The van der Waals surface area contributed by atoms with Crippen LogP contribution < -0.4 is 10.2 Å². The second-order valence-corrected chi connectivity index (χ2v) is 7.31. The van der Waals surface area contributed by atoms with Crippen LogP contribution in [0.4, 0.5) is 10.1 Å². The fraction of sp³-hybridized carbons (Fsp3) is 0.684. The highest BCUT2D eigenvalue weighted by molar-refractivity contribution is 5.54. The molecule has 1 atom stereocenters. The van der Waals surface area contributed by atoms with E-state index in [1.807, 2.05) is 25.1 Å². The first-order valence-electron chi connectivity index (χ1n) is 8.97. The Bertz CT molecular complexity index is 510. The third-order valence-electron chi connectivity index (χ3n) is 5.11. The van der Waals surface area contributed by atoms with Crippen LogP contribution in [0.5, 0.6) is 0 Å². The van der Waals surface area contributed by atoms with Crippen LogP contribution in [0.1, 0.15) is 31.4 Å². The Morgan fingerprint density at radius 2 is 1.88 bits per heavy atom. The van der Waals surface area contributed by atoms with Crippen molar-refractivity contribution in [2.24, 2.45) is 0 Å². The maximum absolute atomic E-state index is 13.5. The summed E-state index contributed by atoms with van der Waals surface area (Å²) < 4.78 is 13.5. The van der Waals surface area contributed by atoms with Gasteiger partial charge >= 0.3 is 0 Å². The van der Waals surface area contributed by atoms with Gasteiger partial charge in [-0.3, -0.25) is 0 Å². The zero-order valence-electron chi connectivity index (χ0n) is 15.8. The molecule has 1 heterocycles. The van der Waals surface area contributed by atoms with Crippen molar-refractivity contribution < 1.29 is 4.39 Å². The molecule has 0 bridgehead atoms. The number of rotatable bonds is 7. The van der Waals surface area contributed by atoms with E-state index in [1.165, 1.54) is 25.9 Å². The fourth-order valence-electron chi connectivity index (χ4n) is 3.48. The summed E-state index contributed by atoms with van der Waals surface area (Å²) in [5.41, 5.74) is 2.09. The van der Waals surface area contributed by atoms with E-state index in [9.17, 15) is 4.39 Å². The van der Waals surface area contributed by atoms with E-state index in [1.54, 1.807) is 12.1 Å². The summed E-state index contributed by atoms with van der Waals surface area (Å²) in [6, 6.07) is 5.99. The van der Waals surface area contributed by atoms with Crippen molar-refractivity contribution in [2.45, 2.75) is 31.8 Å². The Kier molecular flexibility index (Phi) is 7.02. The van der Waals surface area contributed by atoms with Gasteiger partial charge in [-0.1, -0.05) is 6.07 Å². The summed E-state index contributed by atoms with van der Waals surface area (Å²) >= 11 is 0. The number of nitrogens with one attached hydrogen (secondary N) is 1. The van der Waals surface area contributed by atoms with Gasteiger partial charge in [0, 0.05) is 45.0 Å². The zero-order chi connectivity index (χ0) is 17.7. The van der Waals surface area contributed by atoms with E-state index in [4.69, 9.17) is 0 Å². The summed E-state index contributed by atoms with van der Waals surface area (Å²) in [4.78, 5) is 6.86. The second kappa shape index (κ2) is 8.79. The van der Waals surface area contributed by atoms with Gasteiger partial charge in [-0.15, -0.1) is 0 Å². The third-order valence-corrected chi connectivity index (χ3v) is 5.11. The highest BCUT2D eigenvalue weighted by atomic mass is 19.1. The minimum atomic E-state index is -0.182. The smallest absolute Gasteiger partial charge is 0.125 e. The molecule has 0 unspecified atom stereocenters. The standard InChI is InChI=1S/C19H33FN4/c1-15(18-7-6-16(20)14-19(18)23(4)5)21-10-13-24-11-8-17(9-12-24)22(2)3/h6-7,14-15,17,21H,8-13H2,1-5H3/t15-/m0/s1. The predicted octanol–water partition coefficient (Wildman–Crippen LogP) is 2.57. The van der Waals surface area contributed by atoms with Crippen LogP contribution in [0.15, 0.2) is 18.2 Å². The third kappa shape index (κ3) is 5.16. The monoisotopic (exact) mass is 336 g/mol. The van der Waals surface area contributed by atoms with E-state index in [0.29, 0.717) is 0 Å². The molecular formula is C19H33FN4. The van der Waals surface area contributed by atoms with Crippen LogP contribution in [0, 0.1) is 5.82 Å². The Labute approximate surface area is 146 Å². The van der Waals surface area contributed by atoms with E-state index >= 15 is 0 Å². The lowest BCUT2D eigenvalue weighted by Gasteiger charge is -2.35. The first-order valence-corrected chi connectivity index (χ1v) is 8.97. The molecule has 0 saturated carbocycles. The molecule has 1 aliphatic rings. The van der Waals surface area contributed by atoms with Gasteiger partial charge in [0.2, 0.25) is 0 Å². The minimum Gasteiger partial charge on any atom is -0.377 e. The molecule has 0 spiro atoms. The maximum atomic E-state index is 13.5. The van der Waals surface area contributed by atoms with Crippen molar-refractivity contribution >= 4 is 5.69 Å². The minimum absolute atomic E-state index is 0.182. The number of anilines is 1. The molecule has 2 rings (SSSR count). The highest BCUT2D eigenvalue weighted by Gasteiger charge is 2.20. The molecule has 0 amide bonds. The van der Waals surface area contributed by atoms with Gasteiger partial charge in [0.25, 0.3) is 0 Å². The van der Waals surface area contributed by atoms with Crippen molar-refractivity contribution in [3.63, 3.8) is 0 Å². The topological polar surface area (TPSA) is 21.8 Å². The summed E-state index contributed by atoms with van der Waals surface area (Å²) in [5.74, 6) is -0.182. The molecule has 1 aromatic rings. The Morgan fingerprint density at radius 1 is 1.21 bits per heavy atom. The molecule has 1 aliphatic heterocycles. The molecule has 24 heavy (non-hydrogen) atoms. The van der Waals surface area contributed by atoms with Gasteiger partial charge in [-0.2, -0.15) is 0 Å². The largest absolute Gasteiger partial charge is 0.377 e. The van der Waals surface area contributed by atoms with Crippen LogP contribution in [0.2, 0.25) is 0 Å². The van der Waals surface area contributed by atoms with Crippen LogP contribution in [-0.2, 0) is 0 Å². The molecule has 1 fully saturated rings. The van der Waals surface area contributed by atoms with Crippen molar-refractivity contribution in [3.8, 4) is 0 Å². The Morgan fingerprint density at radius 3 is 2.46 bits per heavy atom. The lowest BCUT2D eigenvalue weighted by atomic mass is 10.0.